The summed E-state index contributed by atoms with van der Waals surface area (Å²) in [5, 5.41) is 0. The number of carbonyl (C=O) groups is 1. The number of rotatable bonds is 5. The number of hydrogen-bond acceptors (Lipinski definition) is 3. The van der Waals surface area contributed by atoms with Gasteiger partial charge in [-0.05, 0) is 18.6 Å². The van der Waals surface area contributed by atoms with E-state index < -0.39 is 36.0 Å². The van der Waals surface area contributed by atoms with Gasteiger partial charge < -0.3 is 9.47 Å². The van der Waals surface area contributed by atoms with Crippen LogP contribution >= 0.6 is 0 Å². The Labute approximate surface area is 138 Å². The minimum absolute atomic E-state index is 0.332. The molecule has 10 heteroatoms. The van der Waals surface area contributed by atoms with Crippen molar-refractivity contribution in [1.29, 1.82) is 0 Å². The smallest absolute Gasteiger partial charge is 0.431 e. The number of methoxy groups -OCH3 is 2. The quantitative estimate of drug-likeness (QED) is 0.558. The lowest BCUT2D eigenvalue weighted by atomic mass is 9.81. The maximum atomic E-state index is 14.1. The highest BCUT2D eigenvalue weighted by Crippen LogP contribution is 2.52. The molecule has 0 spiro atoms. The molecule has 1 rings (SSSR count). The van der Waals surface area contributed by atoms with E-state index in [-0.39, 0.29) is 11.1 Å². The van der Waals surface area contributed by atoms with Crippen LogP contribution in [-0.2, 0) is 15.1 Å². The molecule has 1 aromatic rings. The summed E-state index contributed by atoms with van der Waals surface area (Å²) in [7, 11) is 1.80. The zero-order chi connectivity index (χ0) is 19.7. The van der Waals surface area contributed by atoms with E-state index in [0.717, 1.165) is 33.3 Å². The highest BCUT2D eigenvalue weighted by molar-refractivity contribution is 5.91. The third kappa shape index (κ3) is 3.88. The van der Waals surface area contributed by atoms with Crippen LogP contribution in [0.15, 0.2) is 24.3 Å². The summed E-state index contributed by atoms with van der Waals surface area (Å²) in [6, 6.07) is 4.78. The summed E-state index contributed by atoms with van der Waals surface area (Å²) in [6.45, 7) is 0.834. The second kappa shape index (κ2) is 6.81. The van der Waals surface area contributed by atoms with Gasteiger partial charge in [0.15, 0.2) is 0 Å². The van der Waals surface area contributed by atoms with Crippen molar-refractivity contribution in [1.82, 2.24) is 0 Å². The molecular formula is C15H15F7O3. The average molecular weight is 376 g/mol. The Hall–Kier alpha value is -1.84. The van der Waals surface area contributed by atoms with E-state index in [1.54, 1.807) is 0 Å². The molecule has 0 aliphatic carbocycles. The van der Waals surface area contributed by atoms with Crippen LogP contribution in [-0.4, -0.2) is 38.2 Å². The molecule has 142 valence electrons. The van der Waals surface area contributed by atoms with Crippen LogP contribution in [0, 0.1) is 0 Å². The highest BCUT2D eigenvalue weighted by Gasteiger charge is 2.74. The summed E-state index contributed by atoms with van der Waals surface area (Å²) in [5.41, 5.74) is -8.64. The first kappa shape index (κ1) is 21.2. The molecule has 0 saturated heterocycles. The van der Waals surface area contributed by atoms with Gasteiger partial charge in [-0.15, -0.1) is 0 Å². The lowest BCUT2D eigenvalue weighted by Gasteiger charge is -2.38. The average Bonchev–Trinajstić information content (AvgIpc) is 2.51. The van der Waals surface area contributed by atoms with E-state index in [1.165, 1.54) is 12.1 Å². The molecule has 0 radical (unpaired) electrons. The normalized spacial score (nSPS) is 15.6. The van der Waals surface area contributed by atoms with Gasteiger partial charge in [-0.1, -0.05) is 18.2 Å². The van der Waals surface area contributed by atoms with Gasteiger partial charge in [0.05, 0.1) is 18.3 Å². The molecule has 0 fully saturated rings. The Morgan fingerprint density at radius 1 is 0.960 bits per heavy atom. The summed E-state index contributed by atoms with van der Waals surface area (Å²) in [4.78, 5) is 11.7. The summed E-state index contributed by atoms with van der Waals surface area (Å²) >= 11 is 0. The number of benzene rings is 1. The van der Waals surface area contributed by atoms with Gasteiger partial charge in [-0.25, -0.2) is 9.18 Å². The van der Waals surface area contributed by atoms with Crippen LogP contribution in [0.2, 0.25) is 0 Å². The van der Waals surface area contributed by atoms with Crippen LogP contribution in [0.1, 0.15) is 29.3 Å². The zero-order valence-corrected chi connectivity index (χ0v) is 13.4. The van der Waals surface area contributed by atoms with Crippen molar-refractivity contribution in [2.75, 3.05) is 14.2 Å². The Kier molecular flexibility index (Phi) is 5.78. The number of hydrogen-bond donors (Lipinski definition) is 0. The van der Waals surface area contributed by atoms with E-state index in [0.29, 0.717) is 0 Å². The predicted molar refractivity (Wildman–Crippen MR) is 72.7 cm³/mol. The van der Waals surface area contributed by atoms with Crippen molar-refractivity contribution in [2.24, 2.45) is 0 Å². The fraction of sp³-hybridized carbons (Fsp3) is 0.533. The monoisotopic (exact) mass is 376 g/mol. The fourth-order valence-electron chi connectivity index (χ4n) is 2.34. The van der Waals surface area contributed by atoms with Crippen molar-refractivity contribution >= 4 is 5.97 Å². The van der Waals surface area contributed by atoms with Crippen LogP contribution in [0.25, 0.3) is 0 Å². The Bertz CT molecular complexity index is 610. The minimum Gasteiger partial charge on any atom is -0.465 e. The van der Waals surface area contributed by atoms with Gasteiger partial charge in [0.1, 0.15) is 0 Å². The minimum atomic E-state index is -6.23. The van der Waals surface area contributed by atoms with Gasteiger partial charge in [0.25, 0.3) is 0 Å². The molecule has 25 heavy (non-hydrogen) atoms. The molecule has 0 bridgehead atoms. The van der Waals surface area contributed by atoms with Crippen molar-refractivity contribution in [3.05, 3.63) is 35.4 Å². The van der Waals surface area contributed by atoms with E-state index >= 15 is 0 Å². The number of ether oxygens (including phenoxy) is 2. The predicted octanol–water partition coefficient (Wildman–Crippen LogP) is 4.56. The first-order valence-electron chi connectivity index (χ1n) is 6.79. The molecule has 1 unspecified atom stereocenters. The van der Waals surface area contributed by atoms with E-state index in [4.69, 9.17) is 4.74 Å². The zero-order valence-electron chi connectivity index (χ0n) is 13.4. The topological polar surface area (TPSA) is 35.5 Å². The molecule has 0 aliphatic heterocycles. The number of halogens is 7. The molecule has 0 saturated carbocycles. The second-order valence-corrected chi connectivity index (χ2v) is 5.45. The number of alkyl halides is 7. The largest absolute Gasteiger partial charge is 0.465 e. The molecule has 3 nitrogen and oxygen atoms in total. The lowest BCUT2D eigenvalue weighted by molar-refractivity contribution is -0.353. The van der Waals surface area contributed by atoms with Gasteiger partial charge in [-0.2, -0.15) is 26.3 Å². The molecule has 0 aromatic heterocycles. The molecular weight excluding hydrogens is 361 g/mol. The molecule has 0 amide bonds. The Morgan fingerprint density at radius 2 is 1.44 bits per heavy atom. The maximum Gasteiger partial charge on any atom is 0.431 e. The summed E-state index contributed by atoms with van der Waals surface area (Å²) in [5.74, 6) is -1.01. The van der Waals surface area contributed by atoms with Gasteiger partial charge in [0, 0.05) is 13.5 Å². The third-order valence-electron chi connectivity index (χ3n) is 3.83. The van der Waals surface area contributed by atoms with E-state index in [9.17, 15) is 35.5 Å². The van der Waals surface area contributed by atoms with Crippen LogP contribution in [0.4, 0.5) is 30.7 Å². The highest BCUT2D eigenvalue weighted by atomic mass is 19.4. The summed E-state index contributed by atoms with van der Waals surface area (Å²) in [6.07, 6.45) is -14.6. The standard InChI is InChI=1S/C15H15F7O3/c1-12(25-3,8-13(16,14(17,18)19)15(20,21)22)10-7-5-4-6-9(10)11(23)24-2/h4-7H,8H2,1-3H3. The SMILES string of the molecule is COC(=O)c1ccccc1C(C)(CC(F)(C(F)(F)F)C(F)(F)F)OC. The van der Waals surface area contributed by atoms with Crippen LogP contribution in [0.5, 0.6) is 0 Å². The van der Waals surface area contributed by atoms with E-state index in [2.05, 4.69) is 4.74 Å². The van der Waals surface area contributed by atoms with Crippen molar-refractivity contribution in [3.63, 3.8) is 0 Å². The molecule has 1 atom stereocenters. The Morgan fingerprint density at radius 3 is 1.84 bits per heavy atom. The summed E-state index contributed by atoms with van der Waals surface area (Å²) < 4.78 is 101. The van der Waals surface area contributed by atoms with Crippen molar-refractivity contribution in [3.8, 4) is 0 Å². The van der Waals surface area contributed by atoms with Crippen molar-refractivity contribution in [2.45, 2.75) is 37.0 Å². The van der Waals surface area contributed by atoms with Crippen LogP contribution < -0.4 is 0 Å². The molecule has 0 heterocycles. The lowest BCUT2D eigenvalue weighted by Crippen LogP contribution is -2.56. The van der Waals surface area contributed by atoms with E-state index in [1.807, 2.05) is 0 Å². The first-order chi connectivity index (χ1) is 11.2. The van der Waals surface area contributed by atoms with Gasteiger partial charge >= 0.3 is 24.0 Å². The number of esters is 1. The second-order valence-electron chi connectivity index (χ2n) is 5.45. The molecule has 0 N–H and O–H groups in total. The van der Waals surface area contributed by atoms with Crippen molar-refractivity contribution < 1.29 is 45.0 Å². The maximum absolute atomic E-state index is 14.1. The van der Waals surface area contributed by atoms with Gasteiger partial charge in [0.2, 0.25) is 0 Å². The fourth-order valence-corrected chi connectivity index (χ4v) is 2.34. The van der Waals surface area contributed by atoms with Crippen LogP contribution in [0.3, 0.4) is 0 Å². The third-order valence-corrected chi connectivity index (χ3v) is 3.83. The molecule has 0 aliphatic rings. The first-order valence-corrected chi connectivity index (χ1v) is 6.79. The van der Waals surface area contributed by atoms with Gasteiger partial charge in [-0.3, -0.25) is 0 Å². The Balaban J connectivity index is 3.54. The number of carbonyl (C=O) groups excluding carboxylic acids is 1. The molecule has 1 aromatic carbocycles.